The van der Waals surface area contributed by atoms with Crippen molar-refractivity contribution < 1.29 is 18.7 Å². The van der Waals surface area contributed by atoms with E-state index in [-0.39, 0.29) is 11.7 Å². The van der Waals surface area contributed by atoms with E-state index in [1.807, 2.05) is 0 Å². The summed E-state index contributed by atoms with van der Waals surface area (Å²) in [6.45, 7) is 1.49. The molecular weight excluding hydrogens is 297 g/mol. The summed E-state index contributed by atoms with van der Waals surface area (Å²) in [5.74, 6) is -0.816. The van der Waals surface area contributed by atoms with Crippen LogP contribution in [0, 0.1) is 11.7 Å². The fourth-order valence-electron chi connectivity index (χ4n) is 2.90. The van der Waals surface area contributed by atoms with Gasteiger partial charge in [0.2, 0.25) is 0 Å². The zero-order valence-corrected chi connectivity index (χ0v) is 13.5. The maximum atomic E-state index is 13.5. The molecule has 4 nitrogen and oxygen atoms in total. The topological polar surface area (TPSA) is 55.4 Å². The molecule has 1 aromatic rings. The Bertz CT molecular complexity index is 541. The summed E-state index contributed by atoms with van der Waals surface area (Å²) in [4.78, 5) is 23.8. The maximum Gasteiger partial charge on any atom is 0.306 e. The normalized spacial score (nSPS) is 16.6. The Morgan fingerprint density at radius 2 is 1.96 bits per heavy atom. The molecule has 0 aliphatic heterocycles. The number of para-hydroxylation sites is 1. The van der Waals surface area contributed by atoms with Crippen molar-refractivity contribution in [2.24, 2.45) is 5.92 Å². The quantitative estimate of drug-likeness (QED) is 0.804. The second-order valence-corrected chi connectivity index (χ2v) is 6.14. The number of esters is 1. The summed E-state index contributed by atoms with van der Waals surface area (Å²) in [6, 6.07) is 5.89. The number of carbonyl (C=O) groups is 2. The third kappa shape index (κ3) is 5.66. The van der Waals surface area contributed by atoms with Crippen molar-refractivity contribution in [3.05, 3.63) is 30.1 Å². The lowest BCUT2D eigenvalue weighted by atomic mass is 9.86. The lowest BCUT2D eigenvalue weighted by Crippen LogP contribution is -2.30. The Morgan fingerprint density at radius 1 is 1.26 bits per heavy atom. The Kier molecular flexibility index (Phi) is 6.56. The van der Waals surface area contributed by atoms with Gasteiger partial charge in [-0.1, -0.05) is 44.2 Å². The number of hydrogen-bond acceptors (Lipinski definition) is 3. The van der Waals surface area contributed by atoms with Gasteiger partial charge < -0.3 is 10.1 Å². The molecule has 0 aromatic heterocycles. The largest absolute Gasteiger partial charge is 0.453 e. The van der Waals surface area contributed by atoms with Gasteiger partial charge in [0.1, 0.15) is 5.82 Å². The molecule has 1 unspecified atom stereocenters. The number of benzene rings is 1. The molecule has 1 amide bonds. The van der Waals surface area contributed by atoms with Gasteiger partial charge in [-0.2, -0.15) is 0 Å². The predicted molar refractivity (Wildman–Crippen MR) is 86.4 cm³/mol. The van der Waals surface area contributed by atoms with Gasteiger partial charge in [0.05, 0.1) is 5.69 Å². The van der Waals surface area contributed by atoms with Crippen LogP contribution in [0.25, 0.3) is 0 Å². The van der Waals surface area contributed by atoms with Crippen molar-refractivity contribution in [3.63, 3.8) is 0 Å². The van der Waals surface area contributed by atoms with Gasteiger partial charge >= 0.3 is 5.97 Å². The minimum atomic E-state index is -0.937. The molecule has 23 heavy (non-hydrogen) atoms. The molecule has 1 aromatic carbocycles. The van der Waals surface area contributed by atoms with E-state index in [0.717, 1.165) is 6.42 Å². The molecule has 0 radical (unpaired) electrons. The van der Waals surface area contributed by atoms with Crippen LogP contribution in [0.3, 0.4) is 0 Å². The zero-order chi connectivity index (χ0) is 16.7. The van der Waals surface area contributed by atoms with Crippen LogP contribution in [0.5, 0.6) is 0 Å². The van der Waals surface area contributed by atoms with Gasteiger partial charge in [0.25, 0.3) is 5.91 Å². The van der Waals surface area contributed by atoms with Crippen LogP contribution < -0.4 is 5.32 Å². The number of nitrogens with one attached hydrogen (secondary N) is 1. The van der Waals surface area contributed by atoms with E-state index in [1.165, 1.54) is 51.2 Å². The van der Waals surface area contributed by atoms with Gasteiger partial charge in [-0.05, 0) is 31.4 Å². The van der Waals surface area contributed by atoms with Crippen LogP contribution in [0.15, 0.2) is 24.3 Å². The number of ether oxygens (including phenoxy) is 1. The van der Waals surface area contributed by atoms with Gasteiger partial charge in [-0.3, -0.25) is 9.59 Å². The highest BCUT2D eigenvalue weighted by molar-refractivity contribution is 5.95. The zero-order valence-electron chi connectivity index (χ0n) is 13.5. The van der Waals surface area contributed by atoms with Crippen molar-refractivity contribution in [1.29, 1.82) is 0 Å². The number of rotatable bonds is 6. The van der Waals surface area contributed by atoms with E-state index >= 15 is 0 Å². The SMILES string of the molecule is CC(OC(=O)CCC1CCCCC1)C(=O)Nc1ccccc1F. The summed E-state index contributed by atoms with van der Waals surface area (Å²) in [5.41, 5.74) is 0.0857. The maximum absolute atomic E-state index is 13.5. The van der Waals surface area contributed by atoms with Crippen molar-refractivity contribution in [3.8, 4) is 0 Å². The Hall–Kier alpha value is -1.91. The molecule has 1 aliphatic carbocycles. The Morgan fingerprint density at radius 3 is 2.65 bits per heavy atom. The fraction of sp³-hybridized carbons (Fsp3) is 0.556. The van der Waals surface area contributed by atoms with Crippen LogP contribution >= 0.6 is 0 Å². The van der Waals surface area contributed by atoms with Gasteiger partial charge in [-0.25, -0.2) is 4.39 Å². The van der Waals surface area contributed by atoms with E-state index in [2.05, 4.69) is 5.32 Å². The second kappa shape index (κ2) is 8.65. The lowest BCUT2D eigenvalue weighted by molar-refractivity contribution is -0.153. The molecule has 5 heteroatoms. The molecule has 1 aliphatic rings. The summed E-state index contributed by atoms with van der Waals surface area (Å²) in [6.07, 6.45) is 6.33. The average Bonchev–Trinajstić information content (AvgIpc) is 2.56. The van der Waals surface area contributed by atoms with E-state index < -0.39 is 17.8 Å². The minimum Gasteiger partial charge on any atom is -0.453 e. The van der Waals surface area contributed by atoms with Crippen LogP contribution in [-0.4, -0.2) is 18.0 Å². The number of anilines is 1. The van der Waals surface area contributed by atoms with Gasteiger partial charge in [0.15, 0.2) is 6.10 Å². The third-order valence-corrected chi connectivity index (χ3v) is 4.29. The highest BCUT2D eigenvalue weighted by Crippen LogP contribution is 2.27. The van der Waals surface area contributed by atoms with Gasteiger partial charge in [0, 0.05) is 6.42 Å². The first kappa shape index (κ1) is 17.4. The molecule has 1 atom stereocenters. The fourth-order valence-corrected chi connectivity index (χ4v) is 2.90. The molecule has 0 spiro atoms. The Balaban J connectivity index is 1.74. The summed E-state index contributed by atoms with van der Waals surface area (Å²) in [5, 5.41) is 2.43. The third-order valence-electron chi connectivity index (χ3n) is 4.29. The first-order valence-corrected chi connectivity index (χ1v) is 8.31. The average molecular weight is 321 g/mol. The number of carbonyl (C=O) groups excluding carboxylic acids is 2. The molecule has 126 valence electrons. The molecule has 0 saturated heterocycles. The molecule has 0 bridgehead atoms. The standard InChI is InChI=1S/C18H24FNO3/c1-13(18(22)20-16-10-6-5-9-15(16)19)23-17(21)12-11-14-7-3-2-4-8-14/h5-6,9-10,13-14H,2-4,7-8,11-12H2,1H3,(H,20,22). The second-order valence-electron chi connectivity index (χ2n) is 6.14. The predicted octanol–water partition coefficient (Wildman–Crippen LogP) is 4.06. The molecule has 1 N–H and O–H groups in total. The molecular formula is C18H24FNO3. The van der Waals surface area contributed by atoms with Crippen molar-refractivity contribution in [2.45, 2.75) is 58.0 Å². The smallest absolute Gasteiger partial charge is 0.306 e. The van der Waals surface area contributed by atoms with Crippen LogP contribution in [-0.2, 0) is 14.3 Å². The summed E-state index contributed by atoms with van der Waals surface area (Å²) in [7, 11) is 0. The highest BCUT2D eigenvalue weighted by atomic mass is 19.1. The van der Waals surface area contributed by atoms with Crippen molar-refractivity contribution >= 4 is 17.6 Å². The Labute approximate surface area is 136 Å². The molecule has 1 saturated carbocycles. The van der Waals surface area contributed by atoms with Crippen molar-refractivity contribution in [1.82, 2.24) is 0 Å². The highest BCUT2D eigenvalue weighted by Gasteiger charge is 2.20. The lowest BCUT2D eigenvalue weighted by Gasteiger charge is -2.21. The molecule has 0 heterocycles. The molecule has 2 rings (SSSR count). The van der Waals surface area contributed by atoms with E-state index in [4.69, 9.17) is 4.74 Å². The minimum absolute atomic E-state index is 0.0857. The van der Waals surface area contributed by atoms with Gasteiger partial charge in [-0.15, -0.1) is 0 Å². The van der Waals surface area contributed by atoms with E-state index in [9.17, 15) is 14.0 Å². The van der Waals surface area contributed by atoms with E-state index in [0.29, 0.717) is 12.3 Å². The van der Waals surface area contributed by atoms with E-state index in [1.54, 1.807) is 12.1 Å². The number of amides is 1. The summed E-state index contributed by atoms with van der Waals surface area (Å²) >= 11 is 0. The molecule has 1 fully saturated rings. The summed E-state index contributed by atoms with van der Waals surface area (Å²) < 4.78 is 18.6. The van der Waals surface area contributed by atoms with Crippen LogP contribution in [0.4, 0.5) is 10.1 Å². The van der Waals surface area contributed by atoms with Crippen molar-refractivity contribution in [2.75, 3.05) is 5.32 Å². The van der Waals surface area contributed by atoms with Crippen LogP contribution in [0.2, 0.25) is 0 Å². The number of halogens is 1. The first-order valence-electron chi connectivity index (χ1n) is 8.31. The number of hydrogen-bond donors (Lipinski definition) is 1. The first-order chi connectivity index (χ1) is 11.1. The van der Waals surface area contributed by atoms with Crippen LogP contribution in [0.1, 0.15) is 51.9 Å². The monoisotopic (exact) mass is 321 g/mol.